The number of esters is 1. The quantitative estimate of drug-likeness (QED) is 0.375. The molecule has 0 atom stereocenters. The molecule has 0 radical (unpaired) electrons. The molecule has 0 saturated carbocycles. The molecular weight excluding hydrogens is 482 g/mol. The minimum absolute atomic E-state index is 0.0972. The predicted molar refractivity (Wildman–Crippen MR) is 131 cm³/mol. The van der Waals surface area contributed by atoms with E-state index in [-0.39, 0.29) is 35.0 Å². The zero-order chi connectivity index (χ0) is 25.4. The maximum absolute atomic E-state index is 12.6. The summed E-state index contributed by atoms with van der Waals surface area (Å²) in [5.74, 6) is -1.62. The van der Waals surface area contributed by atoms with Gasteiger partial charge in [-0.3, -0.25) is 19.3 Å². The molecule has 2 aliphatic heterocycles. The lowest BCUT2D eigenvalue weighted by Crippen LogP contribution is -2.38. The van der Waals surface area contributed by atoms with Gasteiger partial charge in [-0.25, -0.2) is 0 Å². The van der Waals surface area contributed by atoms with Gasteiger partial charge in [0.25, 0.3) is 21.8 Å². The van der Waals surface area contributed by atoms with Crippen LogP contribution in [0.1, 0.15) is 31.8 Å². The fourth-order valence-electron chi connectivity index (χ4n) is 4.24. The Bertz CT molecular complexity index is 1510. The first-order valence-corrected chi connectivity index (χ1v) is 12.6. The number of anilines is 1. The van der Waals surface area contributed by atoms with E-state index in [1.807, 2.05) is 31.2 Å². The van der Waals surface area contributed by atoms with Crippen molar-refractivity contribution in [2.75, 3.05) is 24.6 Å². The van der Waals surface area contributed by atoms with Crippen LogP contribution in [0.4, 0.5) is 5.69 Å². The summed E-state index contributed by atoms with van der Waals surface area (Å²) in [5.41, 5.74) is 2.59. The molecule has 0 bridgehead atoms. The zero-order valence-corrected chi connectivity index (χ0v) is 20.1. The molecule has 2 aliphatic rings. The van der Waals surface area contributed by atoms with Gasteiger partial charge in [-0.2, -0.15) is 8.42 Å². The molecule has 3 aromatic carbocycles. The van der Waals surface area contributed by atoms with Crippen LogP contribution in [0.25, 0.3) is 0 Å². The molecule has 2 heterocycles. The number of fused-ring (bicyclic) bond motifs is 2. The zero-order valence-electron chi connectivity index (χ0n) is 19.2. The molecular formula is C26H21N3O6S. The summed E-state index contributed by atoms with van der Waals surface area (Å²) < 4.78 is 34.6. The van der Waals surface area contributed by atoms with Gasteiger partial charge < -0.3 is 9.64 Å². The number of ether oxygens (including phenoxy) is 1. The first-order chi connectivity index (χ1) is 17.3. The van der Waals surface area contributed by atoms with Gasteiger partial charge in [0.2, 0.25) is 0 Å². The topological polar surface area (TPSA) is 113 Å². The van der Waals surface area contributed by atoms with E-state index >= 15 is 0 Å². The SMILES string of the molecule is Cc1cccc(N(CCOC(=O)CN2C(=O)c3ccccc3C2=O)C2=NS(=O)(=O)c3ccccc32)c1. The number of hydrogen-bond donors (Lipinski definition) is 0. The third-order valence-electron chi connectivity index (χ3n) is 5.92. The fraction of sp³-hybridized carbons (Fsp3) is 0.154. The Labute approximate surface area is 207 Å². The van der Waals surface area contributed by atoms with E-state index in [0.717, 1.165) is 10.5 Å². The first-order valence-electron chi connectivity index (χ1n) is 11.2. The summed E-state index contributed by atoms with van der Waals surface area (Å²) >= 11 is 0. The first kappa shape index (κ1) is 23.4. The second kappa shape index (κ2) is 9.04. The lowest BCUT2D eigenvalue weighted by molar-refractivity contribution is -0.143. The van der Waals surface area contributed by atoms with E-state index in [2.05, 4.69) is 4.40 Å². The number of benzene rings is 3. The van der Waals surface area contributed by atoms with Crippen LogP contribution in [0.3, 0.4) is 0 Å². The third-order valence-corrected chi connectivity index (χ3v) is 7.25. The molecule has 5 rings (SSSR count). The van der Waals surface area contributed by atoms with Gasteiger partial charge in [-0.15, -0.1) is 4.40 Å². The Balaban J connectivity index is 1.32. The second-order valence-corrected chi connectivity index (χ2v) is 9.91. The Kier molecular flexibility index (Phi) is 5.89. The Morgan fingerprint density at radius 1 is 0.917 bits per heavy atom. The number of aryl methyl sites for hydroxylation is 1. The van der Waals surface area contributed by atoms with Crippen molar-refractivity contribution in [1.29, 1.82) is 0 Å². The van der Waals surface area contributed by atoms with Crippen molar-refractivity contribution in [3.63, 3.8) is 0 Å². The number of sulfonamides is 1. The summed E-state index contributed by atoms with van der Waals surface area (Å²) in [7, 11) is -3.86. The van der Waals surface area contributed by atoms with E-state index in [1.54, 1.807) is 35.2 Å². The largest absolute Gasteiger partial charge is 0.462 e. The summed E-state index contributed by atoms with van der Waals surface area (Å²) in [6.07, 6.45) is 0. The molecule has 10 heteroatoms. The number of hydrogen-bond acceptors (Lipinski definition) is 7. The molecule has 182 valence electrons. The van der Waals surface area contributed by atoms with Crippen LogP contribution in [0.5, 0.6) is 0 Å². The molecule has 0 aliphatic carbocycles. The molecule has 9 nitrogen and oxygen atoms in total. The monoisotopic (exact) mass is 503 g/mol. The maximum atomic E-state index is 12.6. The van der Waals surface area contributed by atoms with Crippen molar-refractivity contribution in [3.8, 4) is 0 Å². The standard InChI is InChI=1S/C26H21N3O6S/c1-17-7-6-8-18(15-17)28(24-21-11-4-5-12-22(21)36(33,34)27-24)13-14-35-23(30)16-29-25(31)19-9-2-3-10-20(19)26(29)32/h2-12,15H,13-14,16H2,1H3. The molecule has 2 amide bonds. The summed E-state index contributed by atoms with van der Waals surface area (Å²) in [6, 6.07) is 20.3. The molecule has 0 saturated heterocycles. The van der Waals surface area contributed by atoms with E-state index in [1.165, 1.54) is 18.2 Å². The van der Waals surface area contributed by atoms with Crippen molar-refractivity contribution in [2.45, 2.75) is 11.8 Å². The average Bonchev–Trinajstić information content (AvgIpc) is 3.27. The Hall–Kier alpha value is -4.31. The van der Waals surface area contributed by atoms with E-state index in [4.69, 9.17) is 4.74 Å². The molecule has 36 heavy (non-hydrogen) atoms. The number of amidine groups is 1. The number of amides is 2. The normalized spacial score (nSPS) is 15.4. The molecule has 0 aromatic heterocycles. The van der Waals surface area contributed by atoms with E-state index in [0.29, 0.717) is 11.3 Å². The van der Waals surface area contributed by atoms with Gasteiger partial charge in [0.1, 0.15) is 18.0 Å². The highest BCUT2D eigenvalue weighted by Crippen LogP contribution is 2.30. The Morgan fingerprint density at radius 2 is 1.56 bits per heavy atom. The van der Waals surface area contributed by atoms with Gasteiger partial charge in [0, 0.05) is 11.3 Å². The van der Waals surface area contributed by atoms with Gasteiger partial charge in [0.05, 0.1) is 17.7 Å². The van der Waals surface area contributed by atoms with Crippen LogP contribution in [0, 0.1) is 6.92 Å². The molecule has 0 fully saturated rings. The lowest BCUT2D eigenvalue weighted by atomic mass is 10.1. The second-order valence-electron chi connectivity index (χ2n) is 8.34. The summed E-state index contributed by atoms with van der Waals surface area (Å²) in [4.78, 5) is 40.2. The van der Waals surface area contributed by atoms with Crippen molar-refractivity contribution >= 4 is 39.3 Å². The van der Waals surface area contributed by atoms with E-state index < -0.39 is 34.4 Å². The van der Waals surface area contributed by atoms with Gasteiger partial charge in [-0.1, -0.05) is 36.4 Å². The highest BCUT2D eigenvalue weighted by molar-refractivity contribution is 7.90. The van der Waals surface area contributed by atoms with Crippen LogP contribution in [0.15, 0.2) is 82.1 Å². The predicted octanol–water partition coefficient (Wildman–Crippen LogP) is 2.79. The summed E-state index contributed by atoms with van der Waals surface area (Å²) in [6.45, 7) is 1.36. The van der Waals surface area contributed by atoms with Crippen molar-refractivity contribution in [3.05, 3.63) is 95.1 Å². The Morgan fingerprint density at radius 3 is 2.22 bits per heavy atom. The van der Waals surface area contributed by atoms with Crippen LogP contribution in [-0.2, 0) is 19.6 Å². The molecule has 0 N–H and O–H groups in total. The minimum atomic E-state index is -3.86. The molecule has 0 unspecified atom stereocenters. The fourth-order valence-corrected chi connectivity index (χ4v) is 5.46. The number of carbonyl (C=O) groups is 3. The minimum Gasteiger partial charge on any atom is -0.462 e. The third kappa shape index (κ3) is 4.16. The van der Waals surface area contributed by atoms with Crippen molar-refractivity contribution in [2.24, 2.45) is 4.40 Å². The van der Waals surface area contributed by atoms with Crippen LogP contribution in [-0.4, -0.2) is 56.6 Å². The van der Waals surface area contributed by atoms with Crippen LogP contribution >= 0.6 is 0 Å². The average molecular weight is 504 g/mol. The highest BCUT2D eigenvalue weighted by Gasteiger charge is 2.37. The number of carbonyl (C=O) groups excluding carboxylic acids is 3. The van der Waals surface area contributed by atoms with Crippen molar-refractivity contribution < 1.29 is 27.5 Å². The lowest BCUT2D eigenvalue weighted by Gasteiger charge is -2.25. The number of imide groups is 1. The van der Waals surface area contributed by atoms with Gasteiger partial charge in [0.15, 0.2) is 5.84 Å². The van der Waals surface area contributed by atoms with Gasteiger partial charge in [-0.05, 0) is 48.9 Å². The smallest absolute Gasteiger partial charge is 0.326 e. The highest BCUT2D eigenvalue weighted by atomic mass is 32.2. The van der Waals surface area contributed by atoms with Crippen molar-refractivity contribution in [1.82, 2.24) is 4.90 Å². The van der Waals surface area contributed by atoms with Crippen LogP contribution in [0.2, 0.25) is 0 Å². The maximum Gasteiger partial charge on any atom is 0.326 e. The van der Waals surface area contributed by atoms with E-state index in [9.17, 15) is 22.8 Å². The van der Waals surface area contributed by atoms with Crippen LogP contribution < -0.4 is 4.90 Å². The summed E-state index contributed by atoms with van der Waals surface area (Å²) in [5, 5.41) is 0. The molecule has 3 aromatic rings. The van der Waals surface area contributed by atoms with Gasteiger partial charge >= 0.3 is 5.97 Å². The number of nitrogens with zero attached hydrogens (tertiary/aromatic N) is 3. The number of rotatable bonds is 6. The molecule has 0 spiro atoms.